The molecule has 0 aliphatic heterocycles. The monoisotopic (exact) mass is 284 g/mol. The minimum absolute atomic E-state index is 0.0352. The summed E-state index contributed by atoms with van der Waals surface area (Å²) in [6, 6.07) is 11.0. The van der Waals surface area contributed by atoms with Gasteiger partial charge in [-0.15, -0.1) is 10.2 Å². The van der Waals surface area contributed by atoms with E-state index in [4.69, 9.17) is 5.73 Å². The van der Waals surface area contributed by atoms with E-state index >= 15 is 0 Å². The number of nitrogens with zero attached hydrogens (tertiary/aromatic N) is 3. The summed E-state index contributed by atoms with van der Waals surface area (Å²) in [7, 11) is 0. The fourth-order valence-corrected chi connectivity index (χ4v) is 3.35. The predicted molar refractivity (Wildman–Crippen MR) is 84.0 cm³/mol. The van der Waals surface area contributed by atoms with Crippen LogP contribution in [0.1, 0.15) is 61.4 Å². The van der Waals surface area contributed by atoms with E-state index in [1.807, 2.05) is 13.0 Å². The molecule has 1 heterocycles. The van der Waals surface area contributed by atoms with E-state index in [2.05, 4.69) is 39.0 Å². The van der Waals surface area contributed by atoms with Crippen LogP contribution in [0.2, 0.25) is 0 Å². The summed E-state index contributed by atoms with van der Waals surface area (Å²) < 4.78 is 2.29. The van der Waals surface area contributed by atoms with Crippen molar-refractivity contribution in [3.05, 3.63) is 47.5 Å². The molecule has 1 atom stereocenters. The molecule has 1 fully saturated rings. The van der Waals surface area contributed by atoms with Crippen LogP contribution in [0.15, 0.2) is 30.3 Å². The van der Waals surface area contributed by atoms with E-state index < -0.39 is 0 Å². The first-order valence-electron chi connectivity index (χ1n) is 7.96. The van der Waals surface area contributed by atoms with Gasteiger partial charge in [0.2, 0.25) is 0 Å². The topological polar surface area (TPSA) is 56.7 Å². The third-order valence-corrected chi connectivity index (χ3v) is 4.50. The van der Waals surface area contributed by atoms with Crippen molar-refractivity contribution in [3.8, 4) is 0 Å². The fraction of sp³-hybridized carbons (Fsp3) is 0.529. The second-order valence-corrected chi connectivity index (χ2v) is 6.04. The van der Waals surface area contributed by atoms with E-state index in [0.717, 1.165) is 24.5 Å². The van der Waals surface area contributed by atoms with E-state index in [9.17, 15) is 0 Å². The minimum atomic E-state index is -0.0352. The van der Waals surface area contributed by atoms with E-state index in [1.54, 1.807) is 0 Å². The smallest absolute Gasteiger partial charge is 0.150 e. The van der Waals surface area contributed by atoms with Crippen LogP contribution in [0.5, 0.6) is 0 Å². The molecule has 4 heteroatoms. The van der Waals surface area contributed by atoms with Crippen molar-refractivity contribution < 1.29 is 0 Å². The Kier molecular flexibility index (Phi) is 4.34. The first-order chi connectivity index (χ1) is 10.3. The summed E-state index contributed by atoms with van der Waals surface area (Å²) in [5.41, 5.74) is 7.73. The molecule has 0 amide bonds. The lowest BCUT2D eigenvalue weighted by molar-refractivity contribution is 0.459. The number of nitrogens with two attached hydrogens (primary N) is 1. The molecule has 0 bridgehead atoms. The maximum atomic E-state index is 6.40. The molecule has 1 aliphatic carbocycles. The highest BCUT2D eigenvalue weighted by Crippen LogP contribution is 2.32. The highest BCUT2D eigenvalue weighted by molar-refractivity contribution is 5.15. The Labute approximate surface area is 126 Å². The Bertz CT molecular complexity index is 570. The van der Waals surface area contributed by atoms with Crippen molar-refractivity contribution in [1.29, 1.82) is 0 Å². The van der Waals surface area contributed by atoms with Gasteiger partial charge in [0.1, 0.15) is 11.6 Å². The van der Waals surface area contributed by atoms with Gasteiger partial charge in [-0.25, -0.2) is 0 Å². The SMILES string of the molecule is Cc1nnc([C@@H](N)CCc2ccccc2)n1C1CCCC1. The molecule has 1 aromatic carbocycles. The molecular weight excluding hydrogens is 260 g/mol. The summed E-state index contributed by atoms with van der Waals surface area (Å²) in [5.74, 6) is 1.97. The minimum Gasteiger partial charge on any atom is -0.321 e. The third-order valence-electron chi connectivity index (χ3n) is 4.50. The molecule has 0 saturated heterocycles. The molecule has 1 aliphatic rings. The van der Waals surface area contributed by atoms with Crippen LogP contribution < -0.4 is 5.73 Å². The lowest BCUT2D eigenvalue weighted by Gasteiger charge is -2.19. The van der Waals surface area contributed by atoms with Crippen molar-refractivity contribution in [3.63, 3.8) is 0 Å². The Balaban J connectivity index is 1.71. The molecule has 3 rings (SSSR count). The molecule has 4 nitrogen and oxygen atoms in total. The lowest BCUT2D eigenvalue weighted by Crippen LogP contribution is -2.20. The third kappa shape index (κ3) is 3.16. The molecule has 1 saturated carbocycles. The lowest BCUT2D eigenvalue weighted by atomic mass is 10.0. The zero-order chi connectivity index (χ0) is 14.7. The van der Waals surface area contributed by atoms with Gasteiger partial charge in [0.15, 0.2) is 0 Å². The fourth-order valence-electron chi connectivity index (χ4n) is 3.35. The van der Waals surface area contributed by atoms with E-state index in [0.29, 0.717) is 6.04 Å². The van der Waals surface area contributed by atoms with Gasteiger partial charge in [-0.2, -0.15) is 0 Å². The number of hydrogen-bond acceptors (Lipinski definition) is 3. The average molecular weight is 284 g/mol. The molecular formula is C17H24N4. The molecule has 0 spiro atoms. The van der Waals surface area contributed by atoms with Gasteiger partial charge in [-0.3, -0.25) is 0 Å². The Morgan fingerprint density at radius 3 is 2.62 bits per heavy atom. The van der Waals surface area contributed by atoms with Gasteiger partial charge in [0.25, 0.3) is 0 Å². The largest absolute Gasteiger partial charge is 0.321 e. The van der Waals surface area contributed by atoms with Gasteiger partial charge in [-0.1, -0.05) is 43.2 Å². The van der Waals surface area contributed by atoms with Crippen LogP contribution in [0.25, 0.3) is 0 Å². The first-order valence-corrected chi connectivity index (χ1v) is 7.96. The van der Waals surface area contributed by atoms with E-state index in [1.165, 1.54) is 31.2 Å². The molecule has 0 unspecified atom stereocenters. The molecule has 2 N–H and O–H groups in total. The molecule has 0 radical (unpaired) electrons. The highest BCUT2D eigenvalue weighted by Gasteiger charge is 2.24. The quantitative estimate of drug-likeness (QED) is 0.916. The highest BCUT2D eigenvalue weighted by atomic mass is 15.3. The van der Waals surface area contributed by atoms with Gasteiger partial charge in [0, 0.05) is 6.04 Å². The van der Waals surface area contributed by atoms with Gasteiger partial charge >= 0.3 is 0 Å². The molecule has 2 aromatic rings. The standard InChI is InChI=1S/C17H24N4/c1-13-19-20-17(21(13)15-9-5-6-10-15)16(18)12-11-14-7-3-2-4-8-14/h2-4,7-8,15-16H,5-6,9-12,18H2,1H3/t16-/m0/s1. The number of aromatic nitrogens is 3. The van der Waals surface area contributed by atoms with Crippen LogP contribution in [-0.2, 0) is 6.42 Å². The maximum Gasteiger partial charge on any atom is 0.150 e. The summed E-state index contributed by atoms with van der Waals surface area (Å²) in [5, 5.41) is 8.63. The van der Waals surface area contributed by atoms with Gasteiger partial charge in [0.05, 0.1) is 6.04 Å². The number of benzene rings is 1. The second-order valence-electron chi connectivity index (χ2n) is 6.04. The summed E-state index contributed by atoms with van der Waals surface area (Å²) >= 11 is 0. The summed E-state index contributed by atoms with van der Waals surface area (Å²) in [4.78, 5) is 0. The number of aryl methyl sites for hydroxylation is 2. The maximum absolute atomic E-state index is 6.40. The van der Waals surface area contributed by atoms with Crippen molar-refractivity contribution >= 4 is 0 Å². The van der Waals surface area contributed by atoms with E-state index in [-0.39, 0.29) is 6.04 Å². The Morgan fingerprint density at radius 1 is 1.19 bits per heavy atom. The number of hydrogen-bond donors (Lipinski definition) is 1. The predicted octanol–water partition coefficient (Wildman–Crippen LogP) is 3.33. The van der Waals surface area contributed by atoms with Gasteiger partial charge < -0.3 is 10.3 Å². The molecule has 112 valence electrons. The molecule has 1 aromatic heterocycles. The normalized spacial score (nSPS) is 17.2. The van der Waals surface area contributed by atoms with Crippen LogP contribution in [0.3, 0.4) is 0 Å². The molecule has 21 heavy (non-hydrogen) atoms. The summed E-state index contributed by atoms with van der Waals surface area (Å²) in [6.45, 7) is 2.04. The average Bonchev–Trinajstić information content (AvgIpc) is 3.15. The Hall–Kier alpha value is -1.68. The van der Waals surface area contributed by atoms with Crippen LogP contribution >= 0.6 is 0 Å². The second kappa shape index (κ2) is 6.39. The summed E-state index contributed by atoms with van der Waals surface area (Å²) in [6.07, 6.45) is 6.98. The number of rotatable bonds is 5. The zero-order valence-corrected chi connectivity index (χ0v) is 12.7. The van der Waals surface area contributed by atoms with Crippen LogP contribution in [0, 0.1) is 6.92 Å². The van der Waals surface area contributed by atoms with Crippen LogP contribution in [-0.4, -0.2) is 14.8 Å². The van der Waals surface area contributed by atoms with Gasteiger partial charge in [-0.05, 0) is 38.2 Å². The van der Waals surface area contributed by atoms with Crippen molar-refractivity contribution in [1.82, 2.24) is 14.8 Å². The zero-order valence-electron chi connectivity index (χ0n) is 12.7. The van der Waals surface area contributed by atoms with Crippen molar-refractivity contribution in [2.24, 2.45) is 5.73 Å². The van der Waals surface area contributed by atoms with Crippen molar-refractivity contribution in [2.75, 3.05) is 0 Å². The van der Waals surface area contributed by atoms with Crippen molar-refractivity contribution in [2.45, 2.75) is 57.5 Å². The van der Waals surface area contributed by atoms with Crippen LogP contribution in [0.4, 0.5) is 0 Å². The first kappa shape index (κ1) is 14.3. The Morgan fingerprint density at radius 2 is 1.90 bits per heavy atom.